The summed E-state index contributed by atoms with van der Waals surface area (Å²) >= 11 is 0. The first kappa shape index (κ1) is 41.0. The summed E-state index contributed by atoms with van der Waals surface area (Å²) in [5, 5.41) is 9.63. The molecule has 7 heteroatoms. The smallest absolute Gasteiger partial charge is 0.309 e. The molecule has 6 aliphatic carbocycles. The average Bonchev–Trinajstić information content (AvgIpc) is 3.77. The van der Waals surface area contributed by atoms with Gasteiger partial charge in [-0.25, -0.2) is 0 Å². The zero-order valence-electron chi connectivity index (χ0n) is 36.2. The molecular formula is C48H75NO6. The summed E-state index contributed by atoms with van der Waals surface area (Å²) in [7, 11) is 0. The number of nitrogens with zero attached hydrogens (tertiary/aromatic N) is 1. The molecule has 0 radical (unpaired) electrons. The molecule has 13 atom stereocenters. The van der Waals surface area contributed by atoms with Crippen molar-refractivity contribution in [1.29, 1.82) is 0 Å². The molecule has 0 aromatic heterocycles. The zero-order chi connectivity index (χ0) is 40.3. The third kappa shape index (κ3) is 6.22. The first-order valence-electron chi connectivity index (χ1n) is 22.4. The van der Waals surface area contributed by atoms with Gasteiger partial charge in [-0.3, -0.25) is 19.2 Å². The normalized spacial score (nSPS) is 44.2. The van der Waals surface area contributed by atoms with Crippen LogP contribution in [0.15, 0.2) is 12.2 Å². The summed E-state index contributed by atoms with van der Waals surface area (Å²) < 4.78 is 6.19. The van der Waals surface area contributed by atoms with Gasteiger partial charge in [-0.15, -0.1) is 0 Å². The van der Waals surface area contributed by atoms with Gasteiger partial charge >= 0.3 is 11.9 Å². The lowest BCUT2D eigenvalue weighted by molar-refractivity contribution is -0.245. The number of carbonyl (C=O) groups is 4. The lowest BCUT2D eigenvalue weighted by Gasteiger charge is -2.72. The molecule has 55 heavy (non-hydrogen) atoms. The number of fused-ring (bicyclic) bond motifs is 7. The maximum atomic E-state index is 14.5. The molecule has 1 aliphatic heterocycles. The van der Waals surface area contributed by atoms with Gasteiger partial charge in [-0.2, -0.15) is 0 Å². The highest BCUT2D eigenvalue weighted by Gasteiger charge is 2.70. The summed E-state index contributed by atoms with van der Waals surface area (Å²) in [6, 6.07) is 0. The van der Waals surface area contributed by atoms with Gasteiger partial charge in [-0.1, -0.05) is 60.6 Å². The SMILES string of the molecule is C=C(C)[C@@H]1C[C@@H](C(=O)CC2C[C@@H](C(=O)N3CCCC3)C2(C)C)C2CC[C@]3(C)[C@H](CC[C@@H]4[C@@]5(C)CC[C@H](OC(=O)CC(C)(C)C(=O)O)C(C)(C)[C@@H]5CC[C@]43C)[C@H]21. The quantitative estimate of drug-likeness (QED) is 0.185. The van der Waals surface area contributed by atoms with E-state index in [2.05, 4.69) is 66.9 Å². The minimum absolute atomic E-state index is 0.0537. The summed E-state index contributed by atoms with van der Waals surface area (Å²) in [5.74, 6) is 2.79. The van der Waals surface area contributed by atoms with E-state index in [1.165, 1.54) is 31.3 Å². The number of esters is 1. The van der Waals surface area contributed by atoms with Crippen molar-refractivity contribution in [2.24, 2.45) is 85.8 Å². The summed E-state index contributed by atoms with van der Waals surface area (Å²) in [6.45, 7) is 28.7. The Hall–Kier alpha value is -2.18. The van der Waals surface area contributed by atoms with E-state index in [0.717, 1.165) is 64.5 Å². The number of carboxylic acid groups (broad SMARTS) is 1. The number of Topliss-reactive ketones (excluding diaryl/α,β-unsaturated/α-hetero) is 1. The molecule has 1 N–H and O–H groups in total. The molecular weight excluding hydrogens is 687 g/mol. The molecule has 0 aromatic rings. The number of amides is 1. The molecule has 1 amide bonds. The van der Waals surface area contributed by atoms with Crippen molar-refractivity contribution in [3.63, 3.8) is 0 Å². The van der Waals surface area contributed by atoms with Crippen molar-refractivity contribution in [1.82, 2.24) is 4.90 Å². The second-order valence-corrected chi connectivity index (χ2v) is 23.0. The highest BCUT2D eigenvalue weighted by atomic mass is 16.5. The van der Waals surface area contributed by atoms with E-state index in [4.69, 9.17) is 4.74 Å². The highest BCUT2D eigenvalue weighted by Crippen LogP contribution is 2.76. The molecule has 0 spiro atoms. The molecule has 2 unspecified atom stereocenters. The third-order valence-electron chi connectivity index (χ3n) is 19.4. The minimum Gasteiger partial charge on any atom is -0.481 e. The number of likely N-dealkylation sites (tertiary alicyclic amines) is 1. The van der Waals surface area contributed by atoms with Crippen LogP contribution in [0.25, 0.3) is 0 Å². The second kappa shape index (κ2) is 13.7. The molecule has 1 heterocycles. The number of carbonyl (C=O) groups excluding carboxylic acids is 3. The number of carboxylic acids is 1. The van der Waals surface area contributed by atoms with Gasteiger partial charge in [0.15, 0.2) is 0 Å². The molecule has 7 nitrogen and oxygen atoms in total. The molecule has 6 saturated carbocycles. The van der Waals surface area contributed by atoms with Gasteiger partial charge in [-0.05, 0) is 161 Å². The Bertz CT molecular complexity index is 1590. The van der Waals surface area contributed by atoms with Crippen LogP contribution in [0.3, 0.4) is 0 Å². The van der Waals surface area contributed by atoms with Crippen LogP contribution in [0.2, 0.25) is 0 Å². The van der Waals surface area contributed by atoms with Crippen molar-refractivity contribution in [2.45, 2.75) is 165 Å². The fraction of sp³-hybridized carbons (Fsp3) is 0.875. The van der Waals surface area contributed by atoms with Crippen molar-refractivity contribution < 1.29 is 29.0 Å². The number of ketones is 1. The number of ether oxygens (including phenoxy) is 1. The zero-order valence-corrected chi connectivity index (χ0v) is 36.2. The maximum Gasteiger partial charge on any atom is 0.309 e. The van der Waals surface area contributed by atoms with Gasteiger partial charge in [0.2, 0.25) is 5.91 Å². The highest BCUT2D eigenvalue weighted by molar-refractivity contribution is 5.84. The van der Waals surface area contributed by atoms with E-state index >= 15 is 0 Å². The first-order valence-corrected chi connectivity index (χ1v) is 22.4. The number of hydrogen-bond donors (Lipinski definition) is 1. The van der Waals surface area contributed by atoms with E-state index in [-0.39, 0.29) is 57.4 Å². The number of rotatable bonds is 9. The fourth-order valence-corrected chi connectivity index (χ4v) is 15.7. The molecule has 308 valence electrons. The molecule has 7 aliphatic rings. The Balaban J connectivity index is 1.06. The maximum absolute atomic E-state index is 14.5. The Morgan fingerprint density at radius 2 is 1.45 bits per heavy atom. The number of allylic oxidation sites excluding steroid dienone is 1. The lowest BCUT2D eigenvalue weighted by atomic mass is 9.33. The molecule has 1 saturated heterocycles. The van der Waals surface area contributed by atoms with Gasteiger partial charge in [0.25, 0.3) is 0 Å². The standard InChI is InChI=1S/C48H75NO6/c1-28(2)31-26-32(35(50)25-29-24-34(44(29,5)6)41(52)49-22-12-13-23-49)30-16-20-47(10)33(40(30)31)14-15-37-46(9)19-18-38(55-39(51)27-43(3,4)42(53)54)45(7,8)36(46)17-21-48(37,47)11/h29-34,36-38,40H,1,12-27H2,2-11H3,(H,53,54)/t29?,30?,31-,32+,33+,34-,36-,37+,38-,40+,46-,47+,48+/m0/s1. The molecule has 7 rings (SSSR count). The van der Waals surface area contributed by atoms with E-state index in [9.17, 15) is 24.3 Å². The van der Waals surface area contributed by atoms with Crippen LogP contribution in [0.1, 0.15) is 159 Å². The average molecular weight is 762 g/mol. The third-order valence-corrected chi connectivity index (χ3v) is 19.4. The van der Waals surface area contributed by atoms with E-state index < -0.39 is 17.4 Å². The van der Waals surface area contributed by atoms with Crippen LogP contribution in [-0.2, 0) is 23.9 Å². The predicted molar refractivity (Wildman–Crippen MR) is 216 cm³/mol. The summed E-state index contributed by atoms with van der Waals surface area (Å²) in [4.78, 5) is 54.8. The van der Waals surface area contributed by atoms with E-state index in [0.29, 0.717) is 53.6 Å². The van der Waals surface area contributed by atoms with Crippen LogP contribution in [0.5, 0.6) is 0 Å². The van der Waals surface area contributed by atoms with E-state index in [1.54, 1.807) is 13.8 Å². The van der Waals surface area contributed by atoms with Gasteiger partial charge in [0.05, 0.1) is 11.8 Å². The summed E-state index contributed by atoms with van der Waals surface area (Å²) in [5.41, 5.74) is 0.298. The summed E-state index contributed by atoms with van der Waals surface area (Å²) in [6.07, 6.45) is 13.2. The van der Waals surface area contributed by atoms with Crippen LogP contribution in [0.4, 0.5) is 0 Å². The monoisotopic (exact) mass is 762 g/mol. The lowest BCUT2D eigenvalue weighted by Crippen LogP contribution is -2.66. The Labute approximate surface area is 332 Å². The molecule has 0 aromatic carbocycles. The van der Waals surface area contributed by atoms with Crippen molar-refractivity contribution in [3.8, 4) is 0 Å². The van der Waals surface area contributed by atoms with Crippen LogP contribution in [-0.4, -0.2) is 52.8 Å². The largest absolute Gasteiger partial charge is 0.481 e. The van der Waals surface area contributed by atoms with Crippen LogP contribution < -0.4 is 0 Å². The fourth-order valence-electron chi connectivity index (χ4n) is 15.7. The molecule has 7 fully saturated rings. The van der Waals surface area contributed by atoms with Gasteiger partial charge in [0, 0.05) is 36.8 Å². The van der Waals surface area contributed by atoms with E-state index in [1.807, 2.05) is 0 Å². The topological polar surface area (TPSA) is 101 Å². The van der Waals surface area contributed by atoms with Crippen LogP contribution in [0, 0.1) is 85.8 Å². The van der Waals surface area contributed by atoms with Crippen LogP contribution >= 0.6 is 0 Å². The van der Waals surface area contributed by atoms with Crippen molar-refractivity contribution in [3.05, 3.63) is 12.2 Å². The predicted octanol–water partition coefficient (Wildman–Crippen LogP) is 10.2. The van der Waals surface area contributed by atoms with Gasteiger partial charge in [0.1, 0.15) is 11.9 Å². The Morgan fingerprint density at radius 3 is 2.07 bits per heavy atom. The second-order valence-electron chi connectivity index (χ2n) is 23.0. The van der Waals surface area contributed by atoms with Gasteiger partial charge < -0.3 is 14.7 Å². The van der Waals surface area contributed by atoms with Crippen molar-refractivity contribution in [2.75, 3.05) is 13.1 Å². The number of aliphatic carboxylic acids is 1. The Morgan fingerprint density at radius 1 is 0.800 bits per heavy atom. The minimum atomic E-state index is -1.15. The molecule has 0 bridgehead atoms. The van der Waals surface area contributed by atoms with Crippen molar-refractivity contribution >= 4 is 23.6 Å². The number of hydrogen-bond acceptors (Lipinski definition) is 5. The first-order chi connectivity index (χ1) is 25.5. The Kier molecular flexibility index (Phi) is 10.2.